The molecule has 0 aliphatic heterocycles. The highest BCUT2D eigenvalue weighted by atomic mass is 16.2. The number of rotatable bonds is 21. The Balaban J connectivity index is 1.31. The number of pyridine rings is 1. The molecule has 1 unspecified atom stereocenters. The van der Waals surface area contributed by atoms with Crippen LogP contribution in [0.4, 0.5) is 5.82 Å². The van der Waals surface area contributed by atoms with Crippen molar-refractivity contribution in [2.45, 2.75) is 110 Å². The summed E-state index contributed by atoms with van der Waals surface area (Å²) in [7, 11) is 1.80. The van der Waals surface area contributed by atoms with E-state index in [0.29, 0.717) is 31.7 Å². The van der Waals surface area contributed by atoms with Crippen molar-refractivity contribution in [2.24, 2.45) is 0 Å². The number of unbranched alkanes of at least 4 members (excludes halogenated alkanes) is 5. The normalized spacial score (nSPS) is 12.1. The van der Waals surface area contributed by atoms with Crippen molar-refractivity contribution < 1.29 is 14.4 Å². The summed E-state index contributed by atoms with van der Waals surface area (Å²) in [6, 6.07) is 7.97. The van der Waals surface area contributed by atoms with Crippen LogP contribution in [0.2, 0.25) is 0 Å². The van der Waals surface area contributed by atoms with Gasteiger partial charge in [-0.15, -0.1) is 0 Å². The maximum Gasteiger partial charge on any atom is 0.219 e. The Labute approximate surface area is 256 Å². The third-order valence-electron chi connectivity index (χ3n) is 7.96. The van der Waals surface area contributed by atoms with Gasteiger partial charge in [-0.05, 0) is 71.4 Å². The van der Waals surface area contributed by atoms with Gasteiger partial charge >= 0.3 is 0 Å². The minimum atomic E-state index is -0.0983. The minimum Gasteiger partial charge on any atom is -0.382 e. The smallest absolute Gasteiger partial charge is 0.219 e. The van der Waals surface area contributed by atoms with Crippen LogP contribution in [0.25, 0.3) is 21.9 Å². The molecule has 3 rings (SSSR count). The van der Waals surface area contributed by atoms with E-state index in [4.69, 9.17) is 10.7 Å². The van der Waals surface area contributed by atoms with Crippen molar-refractivity contribution in [3.8, 4) is 0 Å². The molecule has 1 atom stereocenters. The summed E-state index contributed by atoms with van der Waals surface area (Å²) in [5.74, 6) is 1.78. The summed E-state index contributed by atoms with van der Waals surface area (Å²) in [5.41, 5.74) is 9.01. The Kier molecular flexibility index (Phi) is 14.4. The first-order chi connectivity index (χ1) is 20.8. The molecule has 1 aromatic carbocycles. The molecule has 236 valence electrons. The number of imidazole rings is 1. The fraction of sp³-hybridized carbons (Fsp3) is 0.606. The van der Waals surface area contributed by atoms with Crippen LogP contribution in [-0.2, 0) is 27.3 Å². The second-order valence-corrected chi connectivity index (χ2v) is 11.4. The number of aryl methyl sites for hydroxylation is 2. The number of amides is 2. The number of nitrogens with one attached hydrogen (secondary N) is 3. The van der Waals surface area contributed by atoms with Gasteiger partial charge in [-0.3, -0.25) is 14.4 Å². The average molecular weight is 594 g/mol. The van der Waals surface area contributed by atoms with E-state index < -0.39 is 0 Å². The second kappa shape index (κ2) is 18.2. The number of aromatic nitrogens is 3. The van der Waals surface area contributed by atoms with Crippen LogP contribution < -0.4 is 21.7 Å². The van der Waals surface area contributed by atoms with Gasteiger partial charge in [-0.1, -0.05) is 38.0 Å². The van der Waals surface area contributed by atoms with Crippen molar-refractivity contribution in [1.82, 2.24) is 30.5 Å². The fourth-order valence-corrected chi connectivity index (χ4v) is 5.47. The molecule has 0 aliphatic rings. The number of carbonyl (C=O) groups excluding carboxylic acids is 3. The summed E-state index contributed by atoms with van der Waals surface area (Å²) in [4.78, 5) is 45.3. The van der Waals surface area contributed by atoms with Gasteiger partial charge in [0.05, 0.1) is 17.1 Å². The molecule has 5 N–H and O–H groups in total. The van der Waals surface area contributed by atoms with E-state index >= 15 is 0 Å². The minimum absolute atomic E-state index is 0.0525. The molecule has 0 saturated heterocycles. The van der Waals surface area contributed by atoms with Crippen LogP contribution >= 0.6 is 0 Å². The Bertz CT molecular complexity index is 1340. The van der Waals surface area contributed by atoms with Crippen molar-refractivity contribution in [1.29, 1.82) is 0 Å². The summed E-state index contributed by atoms with van der Waals surface area (Å²) in [5, 5.41) is 10.1. The van der Waals surface area contributed by atoms with Gasteiger partial charge < -0.3 is 26.3 Å². The molecular formula is C33H51N7O3. The van der Waals surface area contributed by atoms with E-state index in [1.165, 1.54) is 0 Å². The third kappa shape index (κ3) is 10.6. The number of para-hydroxylation sites is 1. The first-order valence-corrected chi connectivity index (χ1v) is 16.1. The number of nitrogens with zero attached hydrogens (tertiary/aromatic N) is 3. The molecule has 0 saturated carbocycles. The molecule has 0 spiro atoms. The highest BCUT2D eigenvalue weighted by Gasteiger charge is 2.17. The zero-order valence-electron chi connectivity index (χ0n) is 26.3. The van der Waals surface area contributed by atoms with Gasteiger partial charge in [0.2, 0.25) is 11.8 Å². The van der Waals surface area contributed by atoms with E-state index in [9.17, 15) is 14.4 Å². The fourth-order valence-electron chi connectivity index (χ4n) is 5.47. The first-order valence-electron chi connectivity index (χ1n) is 16.1. The van der Waals surface area contributed by atoms with Crippen LogP contribution in [-0.4, -0.2) is 58.3 Å². The number of anilines is 1. The monoisotopic (exact) mass is 593 g/mol. The maximum absolute atomic E-state index is 12.3. The van der Waals surface area contributed by atoms with Gasteiger partial charge in [0.15, 0.2) is 5.82 Å². The lowest BCUT2D eigenvalue weighted by Crippen LogP contribution is -2.32. The van der Waals surface area contributed by atoms with Gasteiger partial charge in [-0.2, -0.15) is 0 Å². The number of Topliss-reactive ketones (excluding diaryl/α,β-unsaturated/α-hetero) is 1. The SMILES string of the molecule is CCCCc1nc2c(N)nc3ccccc3c2n1CCCCNC(=O)CCCCCC(=O)NCCCCC(NC)C(C)=O. The van der Waals surface area contributed by atoms with E-state index in [1.807, 2.05) is 18.2 Å². The molecule has 2 heterocycles. The molecule has 2 amide bonds. The predicted molar refractivity (Wildman–Crippen MR) is 174 cm³/mol. The zero-order valence-corrected chi connectivity index (χ0v) is 26.3. The van der Waals surface area contributed by atoms with Crippen LogP contribution in [0.5, 0.6) is 0 Å². The Morgan fingerprint density at radius 3 is 2.21 bits per heavy atom. The van der Waals surface area contributed by atoms with Crippen molar-refractivity contribution in [2.75, 3.05) is 25.9 Å². The number of hydrogen-bond donors (Lipinski definition) is 4. The average Bonchev–Trinajstić information content (AvgIpc) is 3.36. The summed E-state index contributed by atoms with van der Waals surface area (Å²) in [6.07, 6.45) is 10.8. The summed E-state index contributed by atoms with van der Waals surface area (Å²) in [6.45, 7) is 5.87. The lowest BCUT2D eigenvalue weighted by molar-refractivity contribution is -0.121. The highest BCUT2D eigenvalue weighted by Crippen LogP contribution is 2.29. The number of likely N-dealkylation sites (N-methyl/N-ethyl adjacent to an activating group) is 1. The lowest BCUT2D eigenvalue weighted by Gasteiger charge is -2.12. The zero-order chi connectivity index (χ0) is 31.0. The van der Waals surface area contributed by atoms with Gasteiger partial charge in [0.1, 0.15) is 17.1 Å². The van der Waals surface area contributed by atoms with Crippen LogP contribution in [0.1, 0.15) is 96.7 Å². The van der Waals surface area contributed by atoms with E-state index in [-0.39, 0.29) is 23.6 Å². The Morgan fingerprint density at radius 1 is 0.884 bits per heavy atom. The van der Waals surface area contributed by atoms with Crippen LogP contribution in [0, 0.1) is 0 Å². The molecule has 0 bridgehead atoms. The number of nitrogens with two attached hydrogens (primary N) is 1. The lowest BCUT2D eigenvalue weighted by atomic mass is 10.1. The molecular weight excluding hydrogens is 542 g/mol. The number of fused-ring (bicyclic) bond motifs is 3. The number of carbonyl (C=O) groups is 3. The van der Waals surface area contributed by atoms with E-state index in [1.54, 1.807) is 14.0 Å². The number of nitrogen functional groups attached to an aromatic ring is 1. The van der Waals surface area contributed by atoms with Gasteiger partial charge in [0, 0.05) is 44.3 Å². The van der Waals surface area contributed by atoms with Crippen LogP contribution in [0.15, 0.2) is 24.3 Å². The largest absolute Gasteiger partial charge is 0.382 e. The van der Waals surface area contributed by atoms with Crippen molar-refractivity contribution in [3.63, 3.8) is 0 Å². The molecule has 10 nitrogen and oxygen atoms in total. The summed E-state index contributed by atoms with van der Waals surface area (Å²) >= 11 is 0. The molecule has 0 radical (unpaired) electrons. The van der Waals surface area contributed by atoms with Gasteiger partial charge in [0.25, 0.3) is 0 Å². The molecule has 2 aromatic heterocycles. The summed E-state index contributed by atoms with van der Waals surface area (Å²) < 4.78 is 2.30. The highest BCUT2D eigenvalue weighted by molar-refractivity contribution is 6.06. The molecule has 3 aromatic rings. The second-order valence-electron chi connectivity index (χ2n) is 11.4. The topological polar surface area (TPSA) is 144 Å². The maximum atomic E-state index is 12.3. The quantitative estimate of drug-likeness (QED) is 0.130. The number of hydrogen-bond acceptors (Lipinski definition) is 7. The molecule has 10 heteroatoms. The molecule has 43 heavy (non-hydrogen) atoms. The van der Waals surface area contributed by atoms with Crippen molar-refractivity contribution >= 4 is 45.4 Å². The first kappa shape index (κ1) is 34.0. The molecule has 0 aliphatic carbocycles. The number of benzene rings is 1. The predicted octanol–water partition coefficient (Wildman–Crippen LogP) is 4.82. The van der Waals surface area contributed by atoms with Gasteiger partial charge in [-0.25, -0.2) is 9.97 Å². The molecule has 0 fully saturated rings. The van der Waals surface area contributed by atoms with E-state index in [0.717, 1.165) is 105 Å². The van der Waals surface area contributed by atoms with Crippen molar-refractivity contribution in [3.05, 3.63) is 30.1 Å². The standard InChI is InChI=1S/C33H51N7O3/c1-4-5-18-28-39-31-32(25-15-9-10-17-27(25)38-33(31)34)40(28)23-14-13-22-37-30(43)20-8-6-7-19-29(42)36-21-12-11-16-26(35-3)24(2)41/h9-10,15,17,26,35H,4-8,11-14,16,18-23H2,1-3H3,(H2,34,38)(H,36,42)(H,37,43). The Hall–Kier alpha value is -3.53. The third-order valence-corrected chi connectivity index (χ3v) is 7.96. The van der Waals surface area contributed by atoms with Crippen LogP contribution in [0.3, 0.4) is 0 Å². The van der Waals surface area contributed by atoms with E-state index in [2.05, 4.69) is 38.5 Å². The Morgan fingerprint density at radius 2 is 1.56 bits per heavy atom. The number of ketones is 1.